The molecule has 1 heterocycles. The average Bonchev–Trinajstić information content (AvgIpc) is 2.65. The van der Waals surface area contributed by atoms with Gasteiger partial charge in [0.05, 0.1) is 0 Å². The summed E-state index contributed by atoms with van der Waals surface area (Å²) in [7, 11) is 0. The van der Waals surface area contributed by atoms with Crippen LogP contribution < -0.4 is 11.3 Å². The third-order valence-electron chi connectivity index (χ3n) is 2.88. The molecule has 0 aliphatic heterocycles. The lowest BCUT2D eigenvalue weighted by molar-refractivity contribution is 0.585. The fourth-order valence-corrected chi connectivity index (χ4v) is 2.09. The van der Waals surface area contributed by atoms with Gasteiger partial charge >= 0.3 is 0 Å². The van der Waals surface area contributed by atoms with Gasteiger partial charge in [-0.15, -0.1) is 0 Å². The second-order valence-corrected chi connectivity index (χ2v) is 4.06. The minimum Gasteiger partial charge on any atom is -0.308 e. The van der Waals surface area contributed by atoms with E-state index in [1.807, 2.05) is 0 Å². The van der Waals surface area contributed by atoms with E-state index in [1.165, 1.54) is 19.3 Å². The van der Waals surface area contributed by atoms with Crippen LogP contribution in [0.2, 0.25) is 0 Å². The highest BCUT2D eigenvalue weighted by Gasteiger charge is 2.24. The second-order valence-electron chi connectivity index (χ2n) is 4.06. The Morgan fingerprint density at radius 1 is 1.50 bits per heavy atom. The van der Waals surface area contributed by atoms with Crippen molar-refractivity contribution >= 4 is 5.82 Å². The number of hydrogen-bond donors (Lipinski definition) is 2. The first-order chi connectivity index (χ1) is 6.79. The summed E-state index contributed by atoms with van der Waals surface area (Å²) in [5, 5.41) is 0. The first-order valence-corrected chi connectivity index (χ1v) is 5.09. The fourth-order valence-electron chi connectivity index (χ4n) is 2.09. The third kappa shape index (κ3) is 1.85. The van der Waals surface area contributed by atoms with E-state index in [-0.39, 0.29) is 0 Å². The van der Waals surface area contributed by atoms with E-state index in [4.69, 9.17) is 5.84 Å². The standard InChI is InChI=1S/C10H16N4/c1-7-2-3-8(6-7)10-12-5-4-9(13-10)14-11/h4-5,7-8H,2-3,6,11H2,1H3,(H,12,13,14). The van der Waals surface area contributed by atoms with Crippen molar-refractivity contribution in [3.8, 4) is 0 Å². The molecule has 1 aromatic heterocycles. The second kappa shape index (κ2) is 3.92. The predicted octanol–water partition coefficient (Wildman–Crippen LogP) is 1.67. The molecule has 76 valence electrons. The van der Waals surface area contributed by atoms with Crippen LogP contribution in [0.3, 0.4) is 0 Å². The largest absolute Gasteiger partial charge is 0.308 e. The molecule has 1 saturated carbocycles. The van der Waals surface area contributed by atoms with E-state index < -0.39 is 0 Å². The Kier molecular flexibility index (Phi) is 2.63. The summed E-state index contributed by atoms with van der Waals surface area (Å²) in [5.41, 5.74) is 2.55. The van der Waals surface area contributed by atoms with Gasteiger partial charge in [-0.2, -0.15) is 0 Å². The van der Waals surface area contributed by atoms with E-state index in [9.17, 15) is 0 Å². The number of aromatic nitrogens is 2. The predicted molar refractivity (Wildman–Crippen MR) is 55.6 cm³/mol. The molecule has 0 aromatic carbocycles. The molecule has 3 N–H and O–H groups in total. The van der Waals surface area contributed by atoms with Gasteiger partial charge in [-0.05, 0) is 25.2 Å². The molecule has 0 saturated heterocycles. The van der Waals surface area contributed by atoms with Crippen LogP contribution in [0.25, 0.3) is 0 Å². The summed E-state index contributed by atoms with van der Waals surface area (Å²) >= 11 is 0. The van der Waals surface area contributed by atoms with Gasteiger partial charge in [-0.25, -0.2) is 15.8 Å². The highest BCUT2D eigenvalue weighted by atomic mass is 15.3. The van der Waals surface area contributed by atoms with Crippen molar-refractivity contribution < 1.29 is 0 Å². The molecule has 14 heavy (non-hydrogen) atoms. The minimum absolute atomic E-state index is 0.526. The summed E-state index contributed by atoms with van der Waals surface area (Å²) < 4.78 is 0. The molecule has 2 atom stereocenters. The van der Waals surface area contributed by atoms with Crippen LogP contribution in [-0.4, -0.2) is 9.97 Å². The molecule has 1 aliphatic rings. The zero-order chi connectivity index (χ0) is 9.97. The molecular weight excluding hydrogens is 176 g/mol. The molecule has 2 rings (SSSR count). The van der Waals surface area contributed by atoms with Crippen LogP contribution in [-0.2, 0) is 0 Å². The summed E-state index contributed by atoms with van der Waals surface area (Å²) in [6.45, 7) is 2.28. The molecule has 2 unspecified atom stereocenters. The number of rotatable bonds is 2. The smallest absolute Gasteiger partial charge is 0.143 e. The van der Waals surface area contributed by atoms with E-state index in [0.29, 0.717) is 11.7 Å². The quantitative estimate of drug-likeness (QED) is 0.552. The van der Waals surface area contributed by atoms with Crippen LogP contribution in [0, 0.1) is 5.92 Å². The third-order valence-corrected chi connectivity index (χ3v) is 2.88. The molecule has 4 heteroatoms. The van der Waals surface area contributed by atoms with Crippen molar-refractivity contribution in [1.29, 1.82) is 0 Å². The maximum absolute atomic E-state index is 5.30. The molecule has 0 bridgehead atoms. The normalized spacial score (nSPS) is 26.4. The van der Waals surface area contributed by atoms with Crippen LogP contribution >= 0.6 is 0 Å². The van der Waals surface area contributed by atoms with Crippen LogP contribution in [0.1, 0.15) is 37.9 Å². The Bertz CT molecular complexity index is 313. The highest BCUT2D eigenvalue weighted by Crippen LogP contribution is 2.36. The Balaban J connectivity index is 2.15. The van der Waals surface area contributed by atoms with Crippen molar-refractivity contribution in [3.63, 3.8) is 0 Å². The Hall–Kier alpha value is -1.16. The molecule has 0 spiro atoms. The van der Waals surface area contributed by atoms with Crippen molar-refractivity contribution in [2.24, 2.45) is 11.8 Å². The van der Waals surface area contributed by atoms with Gasteiger partial charge in [0.1, 0.15) is 11.6 Å². The van der Waals surface area contributed by atoms with Crippen molar-refractivity contribution in [2.45, 2.75) is 32.1 Å². The summed E-state index contributed by atoms with van der Waals surface area (Å²) in [5.74, 6) is 8.27. The van der Waals surface area contributed by atoms with Crippen LogP contribution in [0.4, 0.5) is 5.82 Å². The lowest BCUT2D eigenvalue weighted by Gasteiger charge is -2.08. The van der Waals surface area contributed by atoms with Gasteiger partial charge in [0.15, 0.2) is 0 Å². The SMILES string of the molecule is CC1CCC(c2nccc(NN)n2)C1. The first kappa shape index (κ1) is 9.40. The van der Waals surface area contributed by atoms with Gasteiger partial charge < -0.3 is 5.43 Å². The summed E-state index contributed by atoms with van der Waals surface area (Å²) in [4.78, 5) is 8.66. The van der Waals surface area contributed by atoms with Gasteiger partial charge in [0.2, 0.25) is 0 Å². The summed E-state index contributed by atoms with van der Waals surface area (Å²) in [6, 6.07) is 1.78. The highest BCUT2D eigenvalue weighted by molar-refractivity contribution is 5.31. The number of hydrogen-bond acceptors (Lipinski definition) is 4. The summed E-state index contributed by atoms with van der Waals surface area (Å²) in [6.07, 6.45) is 5.46. The zero-order valence-corrected chi connectivity index (χ0v) is 8.40. The Morgan fingerprint density at radius 2 is 2.36 bits per heavy atom. The number of anilines is 1. The lowest BCUT2D eigenvalue weighted by Crippen LogP contribution is -2.11. The molecule has 0 amide bonds. The molecule has 4 nitrogen and oxygen atoms in total. The van der Waals surface area contributed by atoms with Gasteiger partial charge in [0.25, 0.3) is 0 Å². The van der Waals surface area contributed by atoms with Crippen molar-refractivity contribution in [3.05, 3.63) is 18.1 Å². The maximum Gasteiger partial charge on any atom is 0.143 e. The van der Waals surface area contributed by atoms with Gasteiger partial charge in [-0.1, -0.05) is 6.92 Å². The topological polar surface area (TPSA) is 63.8 Å². The first-order valence-electron chi connectivity index (χ1n) is 5.09. The van der Waals surface area contributed by atoms with E-state index >= 15 is 0 Å². The van der Waals surface area contributed by atoms with E-state index in [1.54, 1.807) is 12.3 Å². The average molecular weight is 192 g/mol. The van der Waals surface area contributed by atoms with Crippen molar-refractivity contribution in [2.75, 3.05) is 5.43 Å². The number of nitrogen functional groups attached to an aromatic ring is 1. The number of nitrogens with two attached hydrogens (primary N) is 1. The fraction of sp³-hybridized carbons (Fsp3) is 0.600. The van der Waals surface area contributed by atoms with Gasteiger partial charge in [0, 0.05) is 18.2 Å². The molecule has 1 aromatic rings. The van der Waals surface area contributed by atoms with E-state index in [2.05, 4.69) is 22.3 Å². The van der Waals surface area contributed by atoms with Crippen LogP contribution in [0.15, 0.2) is 12.3 Å². The van der Waals surface area contributed by atoms with Gasteiger partial charge in [-0.3, -0.25) is 0 Å². The van der Waals surface area contributed by atoms with Crippen molar-refractivity contribution in [1.82, 2.24) is 9.97 Å². The molecule has 0 radical (unpaired) electrons. The zero-order valence-electron chi connectivity index (χ0n) is 8.40. The number of hydrazine groups is 1. The number of nitrogens with one attached hydrogen (secondary N) is 1. The molecule has 1 fully saturated rings. The minimum atomic E-state index is 0.526. The van der Waals surface area contributed by atoms with E-state index in [0.717, 1.165) is 11.7 Å². The lowest BCUT2D eigenvalue weighted by atomic mass is 10.1. The molecular formula is C10H16N4. The maximum atomic E-state index is 5.30. The number of nitrogens with zero attached hydrogens (tertiary/aromatic N) is 2. The molecule has 1 aliphatic carbocycles. The van der Waals surface area contributed by atoms with Crippen LogP contribution in [0.5, 0.6) is 0 Å². The monoisotopic (exact) mass is 192 g/mol. The Labute approximate surface area is 83.9 Å². The Morgan fingerprint density at radius 3 is 3.00 bits per heavy atom.